The van der Waals surface area contributed by atoms with Crippen LogP contribution in [0.2, 0.25) is 0 Å². The molecule has 0 unspecified atom stereocenters. The van der Waals surface area contributed by atoms with E-state index in [-0.39, 0.29) is 0 Å². The Kier molecular flexibility index (Phi) is 1.81. The van der Waals surface area contributed by atoms with Crippen LogP contribution in [0.4, 0.5) is 0 Å². The zero-order chi connectivity index (χ0) is 7.68. The molecule has 1 aromatic heterocycles. The van der Waals surface area contributed by atoms with E-state index in [1.807, 2.05) is 24.7 Å². The van der Waals surface area contributed by atoms with Gasteiger partial charge in [-0.15, -0.1) is 0 Å². The minimum atomic E-state index is 0.921. The molecule has 0 aromatic carbocycles. The van der Waals surface area contributed by atoms with Gasteiger partial charge in [-0.3, -0.25) is 4.98 Å². The molecule has 0 saturated heterocycles. The molecule has 11 heavy (non-hydrogen) atoms. The highest BCUT2D eigenvalue weighted by molar-refractivity contribution is 14.1. The maximum Gasteiger partial charge on any atom is 0.0403 e. The van der Waals surface area contributed by atoms with Crippen LogP contribution in [0.1, 0.15) is 11.1 Å². The van der Waals surface area contributed by atoms with Gasteiger partial charge >= 0.3 is 0 Å². The molecule has 3 heteroatoms. The number of nitrogens with zero attached hydrogens (tertiary/aromatic N) is 1. The van der Waals surface area contributed by atoms with Crippen molar-refractivity contribution in [3.63, 3.8) is 0 Å². The summed E-state index contributed by atoms with van der Waals surface area (Å²) in [6, 6.07) is 2.05. The SMILES string of the molecule is IC1=CNCc2ccncc21. The first-order valence-electron chi connectivity index (χ1n) is 3.40. The van der Waals surface area contributed by atoms with Crippen LogP contribution in [-0.4, -0.2) is 4.98 Å². The van der Waals surface area contributed by atoms with Crippen LogP contribution in [0.15, 0.2) is 24.7 Å². The average molecular weight is 258 g/mol. The minimum Gasteiger partial charge on any atom is -0.386 e. The van der Waals surface area contributed by atoms with E-state index in [0.717, 1.165) is 6.54 Å². The zero-order valence-corrected chi connectivity index (χ0v) is 8.00. The molecular formula is C8H7IN2. The standard InChI is InChI=1S/C8H7IN2/c9-8-5-11-3-6-1-2-10-4-7(6)8/h1-2,4-5,11H,3H2. The van der Waals surface area contributed by atoms with E-state index in [2.05, 4.69) is 32.9 Å². The van der Waals surface area contributed by atoms with Crippen molar-refractivity contribution in [2.24, 2.45) is 0 Å². The first-order chi connectivity index (χ1) is 5.38. The van der Waals surface area contributed by atoms with Gasteiger partial charge in [0, 0.05) is 34.3 Å². The fourth-order valence-electron chi connectivity index (χ4n) is 1.12. The number of hydrogen-bond donors (Lipinski definition) is 1. The maximum absolute atomic E-state index is 4.08. The van der Waals surface area contributed by atoms with Crippen molar-refractivity contribution < 1.29 is 0 Å². The highest BCUT2D eigenvalue weighted by atomic mass is 127. The Bertz CT molecular complexity index is 307. The fourth-order valence-corrected chi connectivity index (χ4v) is 1.83. The molecule has 56 valence electrons. The summed E-state index contributed by atoms with van der Waals surface area (Å²) in [5.41, 5.74) is 2.58. The zero-order valence-electron chi connectivity index (χ0n) is 5.84. The van der Waals surface area contributed by atoms with E-state index in [1.165, 1.54) is 14.7 Å². The van der Waals surface area contributed by atoms with Crippen LogP contribution in [0.25, 0.3) is 3.58 Å². The number of nitrogens with one attached hydrogen (secondary N) is 1. The van der Waals surface area contributed by atoms with E-state index in [1.54, 1.807) is 0 Å². The van der Waals surface area contributed by atoms with Crippen molar-refractivity contribution in [1.29, 1.82) is 0 Å². The summed E-state index contributed by atoms with van der Waals surface area (Å²) in [5.74, 6) is 0. The summed E-state index contributed by atoms with van der Waals surface area (Å²) in [7, 11) is 0. The lowest BCUT2D eigenvalue weighted by molar-refractivity contribution is 0.854. The molecule has 0 bridgehead atoms. The Morgan fingerprint density at radius 2 is 2.45 bits per heavy atom. The molecule has 2 heterocycles. The van der Waals surface area contributed by atoms with E-state index < -0.39 is 0 Å². The Morgan fingerprint density at radius 1 is 1.55 bits per heavy atom. The highest BCUT2D eigenvalue weighted by Gasteiger charge is 2.08. The summed E-state index contributed by atoms with van der Waals surface area (Å²) in [6.45, 7) is 0.921. The van der Waals surface area contributed by atoms with Crippen molar-refractivity contribution in [1.82, 2.24) is 10.3 Å². The molecule has 0 radical (unpaired) electrons. The van der Waals surface area contributed by atoms with E-state index in [0.29, 0.717) is 0 Å². The van der Waals surface area contributed by atoms with Gasteiger partial charge in [0.15, 0.2) is 0 Å². The van der Waals surface area contributed by atoms with Crippen molar-refractivity contribution in [2.75, 3.05) is 0 Å². The third-order valence-electron chi connectivity index (χ3n) is 1.69. The van der Waals surface area contributed by atoms with Gasteiger partial charge in [0.25, 0.3) is 0 Å². The first-order valence-corrected chi connectivity index (χ1v) is 4.48. The molecule has 1 aliphatic heterocycles. The van der Waals surface area contributed by atoms with Crippen LogP contribution in [0.3, 0.4) is 0 Å². The molecule has 1 aromatic rings. The smallest absolute Gasteiger partial charge is 0.0403 e. The third kappa shape index (κ3) is 1.24. The van der Waals surface area contributed by atoms with Crippen molar-refractivity contribution in [3.8, 4) is 0 Å². The van der Waals surface area contributed by atoms with Crippen molar-refractivity contribution >= 4 is 26.2 Å². The number of rotatable bonds is 0. The van der Waals surface area contributed by atoms with Crippen LogP contribution < -0.4 is 5.32 Å². The molecule has 0 amide bonds. The number of fused-ring (bicyclic) bond motifs is 1. The van der Waals surface area contributed by atoms with Gasteiger partial charge in [-0.2, -0.15) is 0 Å². The molecule has 1 N–H and O–H groups in total. The van der Waals surface area contributed by atoms with Gasteiger partial charge in [-0.25, -0.2) is 0 Å². The second kappa shape index (κ2) is 2.81. The third-order valence-corrected chi connectivity index (χ3v) is 2.58. The Morgan fingerprint density at radius 3 is 3.27 bits per heavy atom. The molecule has 0 saturated carbocycles. The topological polar surface area (TPSA) is 24.9 Å². The summed E-state index contributed by atoms with van der Waals surface area (Å²) in [4.78, 5) is 4.08. The van der Waals surface area contributed by atoms with Crippen LogP contribution in [0.5, 0.6) is 0 Å². The van der Waals surface area contributed by atoms with Gasteiger partial charge < -0.3 is 5.32 Å². The fraction of sp³-hybridized carbons (Fsp3) is 0.125. The normalized spacial score (nSPS) is 14.8. The first kappa shape index (κ1) is 7.09. The highest BCUT2D eigenvalue weighted by Crippen LogP contribution is 2.26. The number of pyridine rings is 1. The molecular weight excluding hydrogens is 251 g/mol. The van der Waals surface area contributed by atoms with Gasteiger partial charge in [-0.1, -0.05) is 0 Å². The number of hydrogen-bond acceptors (Lipinski definition) is 2. The molecule has 1 aliphatic rings. The van der Waals surface area contributed by atoms with Crippen LogP contribution in [-0.2, 0) is 6.54 Å². The second-order valence-corrected chi connectivity index (χ2v) is 3.57. The molecule has 0 atom stereocenters. The molecule has 2 rings (SSSR count). The molecule has 0 fully saturated rings. The maximum atomic E-state index is 4.08. The molecule has 0 spiro atoms. The summed E-state index contributed by atoms with van der Waals surface area (Å²) < 4.78 is 1.23. The summed E-state index contributed by atoms with van der Waals surface area (Å²) in [5, 5.41) is 3.19. The molecule has 0 aliphatic carbocycles. The van der Waals surface area contributed by atoms with E-state index >= 15 is 0 Å². The largest absolute Gasteiger partial charge is 0.386 e. The van der Waals surface area contributed by atoms with Gasteiger partial charge in [0.05, 0.1) is 0 Å². The summed E-state index contributed by atoms with van der Waals surface area (Å²) >= 11 is 2.31. The Hall–Kier alpha value is -0.580. The average Bonchev–Trinajstić information content (AvgIpc) is 2.06. The van der Waals surface area contributed by atoms with Crippen LogP contribution >= 0.6 is 22.6 Å². The van der Waals surface area contributed by atoms with Crippen LogP contribution in [0, 0.1) is 0 Å². The molecule has 2 nitrogen and oxygen atoms in total. The quantitative estimate of drug-likeness (QED) is 0.719. The monoisotopic (exact) mass is 258 g/mol. The van der Waals surface area contributed by atoms with E-state index in [4.69, 9.17) is 0 Å². The van der Waals surface area contributed by atoms with E-state index in [9.17, 15) is 0 Å². The number of halogens is 1. The summed E-state index contributed by atoms with van der Waals surface area (Å²) in [6.07, 6.45) is 5.76. The lowest BCUT2D eigenvalue weighted by Gasteiger charge is -2.13. The Labute approximate surface area is 78.9 Å². The predicted octanol–water partition coefficient (Wildman–Crippen LogP) is 1.92. The number of aromatic nitrogens is 1. The predicted molar refractivity (Wildman–Crippen MR) is 53.1 cm³/mol. The van der Waals surface area contributed by atoms with Gasteiger partial charge in [0.2, 0.25) is 0 Å². The van der Waals surface area contributed by atoms with Crippen molar-refractivity contribution in [3.05, 3.63) is 35.8 Å². The lowest BCUT2D eigenvalue weighted by atomic mass is 10.1. The second-order valence-electron chi connectivity index (χ2n) is 2.41. The van der Waals surface area contributed by atoms with Gasteiger partial charge in [-0.05, 0) is 34.2 Å². The minimum absolute atomic E-state index is 0.921. The van der Waals surface area contributed by atoms with Gasteiger partial charge in [0.1, 0.15) is 0 Å². The van der Waals surface area contributed by atoms with Crippen molar-refractivity contribution in [2.45, 2.75) is 6.54 Å². The lowest BCUT2D eigenvalue weighted by Crippen LogP contribution is -2.11. The Balaban J connectivity index is 2.56.